The number of nitrogens with one attached hydrogen (secondary N) is 14. The molecule has 3 heterocycles. The molecule has 109 heavy (non-hydrogen) atoms. The number of nitrogens with two attached hydrogens (primary N) is 3. The van der Waals surface area contributed by atoms with E-state index in [1.165, 1.54) is 0 Å². The molecule has 42 nitrogen and oxygen atoms in total. The Morgan fingerprint density at radius 1 is 0.312 bits per heavy atom. The number of Topliss-reactive ketones (excluding diaryl/α,β-unsaturated/α-hetero) is 3. The fraction of sp³-hybridized carbons (Fsp3) is 0.716. The van der Waals surface area contributed by atoms with Crippen molar-refractivity contribution >= 4 is 112 Å². The van der Waals surface area contributed by atoms with Gasteiger partial charge in [-0.05, 0) is 125 Å². The summed E-state index contributed by atoms with van der Waals surface area (Å²) in [4.78, 5) is 234. The van der Waals surface area contributed by atoms with Gasteiger partial charge in [-0.15, -0.1) is 15.2 Å². The van der Waals surface area contributed by atoms with Gasteiger partial charge in [-0.1, -0.05) is 19.3 Å². The molecule has 0 radical (unpaired) electrons. The summed E-state index contributed by atoms with van der Waals surface area (Å²) >= 11 is 0. The van der Waals surface area contributed by atoms with Crippen molar-refractivity contribution in [2.45, 2.75) is 198 Å². The molecule has 3 aliphatic heterocycles. The molecule has 0 aromatic rings. The molecule has 3 aliphatic rings. The van der Waals surface area contributed by atoms with E-state index < -0.39 is 53.4 Å². The minimum absolute atomic E-state index is 0.00364. The minimum Gasteiger partial charge on any atom is -0.368 e. The van der Waals surface area contributed by atoms with Gasteiger partial charge in [-0.25, -0.2) is 14.4 Å². The van der Waals surface area contributed by atoms with Gasteiger partial charge in [-0.3, -0.25) is 92.7 Å². The number of hydroxylamine groups is 6. The van der Waals surface area contributed by atoms with Crippen LogP contribution in [-0.4, -0.2) is 265 Å². The maximum atomic E-state index is 12.4. The lowest BCUT2D eigenvalue weighted by Gasteiger charge is -2.16. The summed E-state index contributed by atoms with van der Waals surface area (Å²) < 4.78 is 0. The third-order valence-electron chi connectivity index (χ3n) is 16.4. The third-order valence-corrected chi connectivity index (χ3v) is 16.4. The number of hydrogen-bond donors (Lipinski definition) is 17. The molecule has 42 heteroatoms. The van der Waals surface area contributed by atoms with E-state index in [0.717, 1.165) is 51.4 Å². The molecule has 3 fully saturated rings. The van der Waals surface area contributed by atoms with Crippen molar-refractivity contribution in [1.82, 2.24) is 89.6 Å². The van der Waals surface area contributed by atoms with Crippen LogP contribution in [0.25, 0.3) is 0 Å². The minimum atomic E-state index is -0.838. The molecular formula is C67H116N20O22. The molecule has 0 bridgehead atoms. The van der Waals surface area contributed by atoms with E-state index in [9.17, 15) is 91.1 Å². The highest BCUT2D eigenvalue weighted by Crippen LogP contribution is 2.17. The van der Waals surface area contributed by atoms with Crippen LogP contribution in [0.5, 0.6) is 0 Å². The first kappa shape index (κ1) is 97.7. The van der Waals surface area contributed by atoms with Gasteiger partial charge >= 0.3 is 17.9 Å². The highest BCUT2D eigenvalue weighted by molar-refractivity contribution is 6.03. The van der Waals surface area contributed by atoms with E-state index in [4.69, 9.17) is 22.0 Å². The quantitative estimate of drug-likeness (QED) is 0.0153. The number of rotatable bonds is 61. The van der Waals surface area contributed by atoms with Crippen molar-refractivity contribution < 1.29 is 106 Å². The SMILES string of the molecule is CN[C@@H](CCCCNCC(=O)CNCNC(=O)CCCC(=O)NCNCC(=O)CNCCCC[C@@H](NC)C(=O)NCCCC[C@H](NC)C(N)=O)C(N)=O.CN[C@@H](CCCCNCC(=O)CNCNC(=O)CCCC(=O)ON1C(=O)CCC1=O)C(N)=O.O=C(CCCC(=O)ON1C(=O)CCC1=O)ON1C(=O)CCC1=O. The summed E-state index contributed by atoms with van der Waals surface area (Å²) in [5.41, 5.74) is 15.8. The van der Waals surface area contributed by atoms with Gasteiger partial charge in [-0.2, -0.15) is 0 Å². The number of likely N-dealkylation sites (N-methyl/N-ethyl adjacent to an activating group) is 4. The Hall–Kier alpha value is -9.27. The highest BCUT2D eigenvalue weighted by Gasteiger charge is 2.35. The van der Waals surface area contributed by atoms with Crippen molar-refractivity contribution in [2.75, 3.05) is 114 Å². The van der Waals surface area contributed by atoms with Crippen molar-refractivity contribution in [1.29, 1.82) is 0 Å². The van der Waals surface area contributed by atoms with Crippen molar-refractivity contribution in [3.05, 3.63) is 0 Å². The number of primary amides is 3. The molecule has 0 spiro atoms. The van der Waals surface area contributed by atoms with Crippen LogP contribution in [0.4, 0.5) is 0 Å². The molecule has 0 unspecified atom stereocenters. The fourth-order valence-electron chi connectivity index (χ4n) is 10.1. The zero-order chi connectivity index (χ0) is 81.3. The maximum absolute atomic E-state index is 12.4. The molecular weight excluding hydrogens is 1440 g/mol. The van der Waals surface area contributed by atoms with Gasteiger partial charge in [0.25, 0.3) is 35.4 Å². The van der Waals surface area contributed by atoms with Gasteiger partial charge in [0.1, 0.15) is 0 Å². The predicted octanol–water partition coefficient (Wildman–Crippen LogP) is -6.64. The largest absolute Gasteiger partial charge is 0.368 e. The number of ketones is 3. The Morgan fingerprint density at radius 2 is 0.550 bits per heavy atom. The molecule has 0 aromatic carbocycles. The molecule has 20 N–H and O–H groups in total. The maximum Gasteiger partial charge on any atom is 0.333 e. The predicted molar refractivity (Wildman–Crippen MR) is 387 cm³/mol. The van der Waals surface area contributed by atoms with Crippen molar-refractivity contribution in [3.8, 4) is 0 Å². The van der Waals surface area contributed by atoms with E-state index in [1.54, 1.807) is 28.2 Å². The zero-order valence-electron chi connectivity index (χ0n) is 63.1. The Labute approximate surface area is 633 Å². The average molecular weight is 1550 g/mol. The molecule has 0 aromatic heterocycles. The van der Waals surface area contributed by atoms with Gasteiger partial charge in [0.2, 0.25) is 41.4 Å². The Kier molecular flexibility index (Phi) is 53.5. The monoisotopic (exact) mass is 1550 g/mol. The van der Waals surface area contributed by atoms with Crippen molar-refractivity contribution in [3.63, 3.8) is 0 Å². The number of unbranched alkanes of at least 4 members (excludes halogenated alkanes) is 4. The molecule has 13 amide bonds. The number of carbonyl (C=O) groups is 19. The summed E-state index contributed by atoms with van der Waals surface area (Å²) in [7, 11) is 6.81. The second-order valence-corrected chi connectivity index (χ2v) is 25.3. The van der Waals surface area contributed by atoms with Gasteiger partial charge in [0, 0.05) is 83.6 Å². The molecule has 3 saturated heterocycles. The number of amides is 13. The zero-order valence-corrected chi connectivity index (χ0v) is 63.1. The first-order chi connectivity index (χ1) is 52.1. The molecule has 4 atom stereocenters. The third kappa shape index (κ3) is 47.3. The van der Waals surface area contributed by atoms with Crippen LogP contribution in [0.2, 0.25) is 0 Å². The summed E-state index contributed by atoms with van der Waals surface area (Å²) in [6.45, 7) is 3.68. The van der Waals surface area contributed by atoms with Crippen LogP contribution in [0, 0.1) is 0 Å². The van der Waals surface area contributed by atoms with E-state index in [0.29, 0.717) is 73.5 Å². The first-order valence-corrected chi connectivity index (χ1v) is 36.7. The second-order valence-electron chi connectivity index (χ2n) is 25.3. The average Bonchev–Trinajstić information content (AvgIpc) is 1.75. The number of hydrogen-bond acceptors (Lipinski definition) is 32. The lowest BCUT2D eigenvalue weighted by Crippen LogP contribution is -2.43. The highest BCUT2D eigenvalue weighted by atomic mass is 16.7. The fourth-order valence-corrected chi connectivity index (χ4v) is 10.1. The Morgan fingerprint density at radius 3 is 0.817 bits per heavy atom. The smallest absolute Gasteiger partial charge is 0.333 e. The topological polar surface area (TPSA) is 608 Å². The van der Waals surface area contributed by atoms with E-state index >= 15 is 0 Å². The Balaban J connectivity index is 0.000000895. The number of imide groups is 3. The lowest BCUT2D eigenvalue weighted by molar-refractivity contribution is -0.199. The van der Waals surface area contributed by atoms with Crippen LogP contribution in [0.15, 0.2) is 0 Å². The number of nitrogens with zero attached hydrogens (tertiary/aromatic N) is 3. The summed E-state index contributed by atoms with van der Waals surface area (Å²) in [5.74, 6) is -8.05. The molecule has 616 valence electrons. The second kappa shape index (κ2) is 59.7. The Bertz CT molecular complexity index is 2890. The van der Waals surface area contributed by atoms with Crippen LogP contribution in [-0.2, 0) is 106 Å². The van der Waals surface area contributed by atoms with E-state index in [2.05, 4.69) is 84.1 Å². The summed E-state index contributed by atoms with van der Waals surface area (Å²) in [6.07, 6.45) is 9.31. The molecule has 0 saturated carbocycles. The van der Waals surface area contributed by atoms with E-state index in [-0.39, 0.29) is 232 Å². The van der Waals surface area contributed by atoms with E-state index in [1.807, 2.05) is 0 Å². The molecule has 0 aliphatic carbocycles. The van der Waals surface area contributed by atoms with Crippen LogP contribution >= 0.6 is 0 Å². The lowest BCUT2D eigenvalue weighted by atomic mass is 10.1. The summed E-state index contributed by atoms with van der Waals surface area (Å²) in [6, 6.07) is -1.35. The standard InChI is InChI=1S/C34H68N12O7.C20H34N6O7.C13H14N2O8/c1-37-27(32(35)51)11-4-7-16-40-19-25(47)21-42-23-45-30(49)14-10-15-31(50)46-24-43-22-26(48)20-41-17-8-5-13-29(39-3)34(53)44-18-9-6-12-28(38-2)33(36)52;1-22-15(20(21)32)5-2-3-10-23-11-14(27)12-24-13-25-16(28)6-4-7-19(31)33-26-17(29)8-9-18(26)30;16-8-4-5-9(17)14(8)22-12(20)2-1-3-13(21)23-15-10(18)6-7-11(15)19/h27-29,37-43H,4-24H2,1-3H3,(H2,35,51)(H2,36,52)(H,44,53)(H,45,49)(H,46,50);15,22-24H,2-13H2,1H3,(H2,21,32)(H,25,28);1-7H2/t27-,28-,29+;15-;/m00./s1. The van der Waals surface area contributed by atoms with Gasteiger partial charge in [0.15, 0.2) is 17.3 Å². The normalized spacial score (nSPS) is 14.3. The van der Waals surface area contributed by atoms with Gasteiger partial charge in [0.05, 0.1) is 83.4 Å². The number of carbonyl (C=O) groups excluding carboxylic acids is 19. The van der Waals surface area contributed by atoms with Crippen LogP contribution < -0.4 is 91.6 Å². The molecule has 3 rings (SSSR count). The van der Waals surface area contributed by atoms with Gasteiger partial charge < -0.3 is 90.2 Å². The van der Waals surface area contributed by atoms with Crippen LogP contribution in [0.1, 0.15) is 173 Å². The van der Waals surface area contributed by atoms with Crippen molar-refractivity contribution in [2.24, 2.45) is 17.2 Å². The van der Waals surface area contributed by atoms with Crippen LogP contribution in [0.3, 0.4) is 0 Å². The summed E-state index contributed by atoms with van der Waals surface area (Å²) in [5, 5.41) is 41.5. The first-order valence-electron chi connectivity index (χ1n) is 36.7.